The van der Waals surface area contributed by atoms with Crippen molar-refractivity contribution in [3.63, 3.8) is 0 Å². The minimum absolute atomic E-state index is 0.0623. The van der Waals surface area contributed by atoms with Crippen molar-refractivity contribution in [2.24, 2.45) is 0 Å². The maximum absolute atomic E-state index is 10.6. The standard InChI is InChI=1S/C10H8N2O3/c1-15-6-2-3-7-8(4-6)11-5-9(12-7)10(13)14/h2-5H,1H3,(H,13,14). The Labute approximate surface area is 85.4 Å². The maximum atomic E-state index is 10.6. The van der Waals surface area contributed by atoms with E-state index in [1.165, 1.54) is 6.20 Å². The van der Waals surface area contributed by atoms with Crippen LogP contribution < -0.4 is 4.74 Å². The number of ether oxygens (including phenoxy) is 1. The average Bonchev–Trinajstić information content (AvgIpc) is 2.27. The van der Waals surface area contributed by atoms with Crippen molar-refractivity contribution in [3.05, 3.63) is 30.1 Å². The van der Waals surface area contributed by atoms with Crippen LogP contribution in [0.15, 0.2) is 24.4 Å². The number of aromatic nitrogens is 2. The summed E-state index contributed by atoms with van der Waals surface area (Å²) in [6, 6.07) is 5.09. The number of hydrogen-bond acceptors (Lipinski definition) is 4. The first-order chi connectivity index (χ1) is 7.20. The van der Waals surface area contributed by atoms with Gasteiger partial charge in [-0.3, -0.25) is 4.98 Å². The van der Waals surface area contributed by atoms with E-state index in [9.17, 15) is 4.79 Å². The third kappa shape index (κ3) is 1.71. The van der Waals surface area contributed by atoms with E-state index in [2.05, 4.69) is 9.97 Å². The van der Waals surface area contributed by atoms with Crippen LogP contribution in [0.25, 0.3) is 11.0 Å². The van der Waals surface area contributed by atoms with Gasteiger partial charge in [0.1, 0.15) is 5.75 Å². The predicted octanol–water partition coefficient (Wildman–Crippen LogP) is 1.34. The first-order valence-corrected chi connectivity index (χ1v) is 4.25. The lowest BCUT2D eigenvalue weighted by Crippen LogP contribution is -2.01. The van der Waals surface area contributed by atoms with E-state index < -0.39 is 5.97 Å². The molecule has 1 heterocycles. The van der Waals surface area contributed by atoms with Crippen LogP contribution in [-0.2, 0) is 0 Å². The van der Waals surface area contributed by atoms with Gasteiger partial charge in [-0.15, -0.1) is 0 Å². The minimum Gasteiger partial charge on any atom is -0.497 e. The van der Waals surface area contributed by atoms with Gasteiger partial charge in [-0.25, -0.2) is 9.78 Å². The van der Waals surface area contributed by atoms with Gasteiger partial charge >= 0.3 is 5.97 Å². The molecular weight excluding hydrogens is 196 g/mol. The van der Waals surface area contributed by atoms with Gasteiger partial charge in [-0.05, 0) is 12.1 Å². The Balaban J connectivity index is 2.59. The summed E-state index contributed by atoms with van der Waals surface area (Å²) < 4.78 is 5.02. The van der Waals surface area contributed by atoms with Crippen LogP contribution >= 0.6 is 0 Å². The van der Waals surface area contributed by atoms with E-state index in [0.29, 0.717) is 16.8 Å². The second-order valence-electron chi connectivity index (χ2n) is 2.92. The summed E-state index contributed by atoms with van der Waals surface area (Å²) in [5.41, 5.74) is 1.09. The van der Waals surface area contributed by atoms with Crippen LogP contribution in [0.2, 0.25) is 0 Å². The summed E-state index contributed by atoms with van der Waals surface area (Å²) in [5.74, 6) is -0.417. The zero-order chi connectivity index (χ0) is 10.8. The molecule has 0 bridgehead atoms. The average molecular weight is 204 g/mol. The lowest BCUT2D eigenvalue weighted by molar-refractivity contribution is 0.0690. The van der Waals surface area contributed by atoms with Crippen molar-refractivity contribution >= 4 is 17.0 Å². The Bertz CT molecular complexity index is 525. The third-order valence-electron chi connectivity index (χ3n) is 1.97. The molecule has 1 aromatic heterocycles. The van der Waals surface area contributed by atoms with Crippen molar-refractivity contribution in [2.75, 3.05) is 7.11 Å². The molecule has 0 aliphatic heterocycles. The molecule has 0 saturated carbocycles. The van der Waals surface area contributed by atoms with Gasteiger partial charge in [0, 0.05) is 6.07 Å². The Morgan fingerprint density at radius 3 is 2.87 bits per heavy atom. The number of methoxy groups -OCH3 is 1. The molecule has 15 heavy (non-hydrogen) atoms. The normalized spacial score (nSPS) is 10.2. The summed E-state index contributed by atoms with van der Waals surface area (Å²) in [6.07, 6.45) is 1.23. The molecule has 5 nitrogen and oxygen atoms in total. The molecule has 0 amide bonds. The number of aromatic carboxylic acids is 1. The van der Waals surface area contributed by atoms with Crippen molar-refractivity contribution in [3.8, 4) is 5.75 Å². The fourth-order valence-electron chi connectivity index (χ4n) is 1.22. The molecule has 76 valence electrons. The number of hydrogen-bond donors (Lipinski definition) is 1. The first-order valence-electron chi connectivity index (χ1n) is 4.25. The second kappa shape index (κ2) is 3.53. The van der Waals surface area contributed by atoms with E-state index >= 15 is 0 Å². The van der Waals surface area contributed by atoms with E-state index in [0.717, 1.165) is 0 Å². The van der Waals surface area contributed by atoms with Crippen molar-refractivity contribution in [2.45, 2.75) is 0 Å². The van der Waals surface area contributed by atoms with Gasteiger partial charge in [0.25, 0.3) is 0 Å². The van der Waals surface area contributed by atoms with Crippen LogP contribution in [0, 0.1) is 0 Å². The summed E-state index contributed by atoms with van der Waals surface area (Å²) in [6.45, 7) is 0. The third-order valence-corrected chi connectivity index (χ3v) is 1.97. The second-order valence-corrected chi connectivity index (χ2v) is 2.92. The van der Waals surface area contributed by atoms with Crippen molar-refractivity contribution in [1.29, 1.82) is 0 Å². The molecule has 0 atom stereocenters. The summed E-state index contributed by atoms with van der Waals surface area (Å²) in [5, 5.41) is 8.72. The molecule has 0 aliphatic rings. The molecule has 0 aliphatic carbocycles. The summed E-state index contributed by atoms with van der Waals surface area (Å²) in [4.78, 5) is 18.6. The maximum Gasteiger partial charge on any atom is 0.356 e. The van der Waals surface area contributed by atoms with Crippen LogP contribution in [0.3, 0.4) is 0 Å². The van der Waals surface area contributed by atoms with Gasteiger partial charge < -0.3 is 9.84 Å². The highest BCUT2D eigenvalue weighted by atomic mass is 16.5. The van der Waals surface area contributed by atoms with E-state index in [1.54, 1.807) is 25.3 Å². The van der Waals surface area contributed by atoms with E-state index in [-0.39, 0.29) is 5.69 Å². The fourth-order valence-corrected chi connectivity index (χ4v) is 1.22. The molecule has 5 heteroatoms. The fraction of sp³-hybridized carbons (Fsp3) is 0.100. The van der Waals surface area contributed by atoms with Gasteiger partial charge in [0.2, 0.25) is 0 Å². The zero-order valence-corrected chi connectivity index (χ0v) is 7.97. The Kier molecular flexibility index (Phi) is 2.21. The van der Waals surface area contributed by atoms with Crippen LogP contribution in [0.1, 0.15) is 10.5 Å². The molecular formula is C10H8N2O3. The molecule has 0 radical (unpaired) electrons. The Hall–Kier alpha value is -2.17. The number of nitrogens with zero attached hydrogens (tertiary/aromatic N) is 2. The topological polar surface area (TPSA) is 72.3 Å². The van der Waals surface area contributed by atoms with Crippen molar-refractivity contribution in [1.82, 2.24) is 9.97 Å². The molecule has 0 saturated heterocycles. The number of carboxylic acid groups (broad SMARTS) is 1. The van der Waals surface area contributed by atoms with E-state index in [4.69, 9.17) is 9.84 Å². The summed E-state index contributed by atoms with van der Waals surface area (Å²) >= 11 is 0. The number of fused-ring (bicyclic) bond motifs is 1. The van der Waals surface area contributed by atoms with E-state index in [1.807, 2.05) is 0 Å². The number of rotatable bonds is 2. The Morgan fingerprint density at radius 2 is 2.20 bits per heavy atom. The number of carboxylic acids is 1. The zero-order valence-electron chi connectivity index (χ0n) is 7.97. The SMILES string of the molecule is COc1ccc2nc(C(=O)O)cnc2c1. The number of carbonyl (C=O) groups is 1. The van der Waals surface area contributed by atoms with Gasteiger partial charge in [-0.1, -0.05) is 0 Å². The smallest absolute Gasteiger partial charge is 0.356 e. The molecule has 0 spiro atoms. The highest BCUT2D eigenvalue weighted by Crippen LogP contribution is 2.17. The largest absolute Gasteiger partial charge is 0.497 e. The molecule has 1 aromatic carbocycles. The first kappa shape index (κ1) is 9.39. The monoisotopic (exact) mass is 204 g/mol. The number of benzene rings is 1. The van der Waals surface area contributed by atoms with Crippen molar-refractivity contribution < 1.29 is 14.6 Å². The summed E-state index contributed by atoms with van der Waals surface area (Å²) in [7, 11) is 1.56. The lowest BCUT2D eigenvalue weighted by atomic mass is 10.3. The van der Waals surface area contributed by atoms with Gasteiger partial charge in [0.05, 0.1) is 24.3 Å². The van der Waals surface area contributed by atoms with Gasteiger partial charge in [0.15, 0.2) is 5.69 Å². The highest BCUT2D eigenvalue weighted by molar-refractivity contribution is 5.88. The van der Waals surface area contributed by atoms with Gasteiger partial charge in [-0.2, -0.15) is 0 Å². The molecule has 2 rings (SSSR count). The quantitative estimate of drug-likeness (QED) is 0.799. The minimum atomic E-state index is -1.08. The molecule has 0 unspecified atom stereocenters. The molecule has 0 fully saturated rings. The predicted molar refractivity (Wildman–Crippen MR) is 53.0 cm³/mol. The Morgan fingerprint density at radius 1 is 1.40 bits per heavy atom. The van der Waals surface area contributed by atoms with Crippen LogP contribution in [-0.4, -0.2) is 28.2 Å². The molecule has 2 aromatic rings. The van der Waals surface area contributed by atoms with Crippen LogP contribution in [0.4, 0.5) is 0 Å². The highest BCUT2D eigenvalue weighted by Gasteiger charge is 2.06. The molecule has 1 N–H and O–H groups in total. The van der Waals surface area contributed by atoms with Crippen LogP contribution in [0.5, 0.6) is 5.75 Å². The lowest BCUT2D eigenvalue weighted by Gasteiger charge is -2.01.